The number of hydrogen-bond donors (Lipinski definition) is 0. The summed E-state index contributed by atoms with van der Waals surface area (Å²) >= 11 is 0. The molecule has 0 N–H and O–H groups in total. The molecule has 0 unspecified atom stereocenters. The highest BCUT2D eigenvalue weighted by atomic mass is 28.4. The number of hydrogen-bond acceptors (Lipinski definition) is 1. The molecule has 0 aliphatic heterocycles. The maximum Gasteiger partial charge on any atom is 0.262 e. The molecule has 0 amide bonds. The van der Waals surface area contributed by atoms with Crippen LogP contribution in [0.2, 0.25) is 5.04 Å². The lowest BCUT2D eigenvalue weighted by molar-refractivity contribution is 0.346. The molecule has 2 heteroatoms. The van der Waals surface area contributed by atoms with Gasteiger partial charge in [-0.05, 0) is 15.4 Å². The molecule has 0 aromatic heterocycles. The van der Waals surface area contributed by atoms with Crippen LogP contribution in [0.25, 0.3) is 0 Å². The zero-order valence-electron chi connectivity index (χ0n) is 15.8. The van der Waals surface area contributed by atoms with Crippen molar-refractivity contribution in [3.8, 4) is 24.7 Å². The van der Waals surface area contributed by atoms with Crippen LogP contribution in [0.3, 0.4) is 0 Å². The highest BCUT2D eigenvalue weighted by molar-refractivity contribution is 6.99. The first-order valence-electron chi connectivity index (χ1n) is 8.56. The van der Waals surface area contributed by atoms with Crippen molar-refractivity contribution >= 4 is 18.7 Å². The van der Waals surface area contributed by atoms with E-state index in [1.807, 2.05) is 19.1 Å². The zero-order valence-corrected chi connectivity index (χ0v) is 16.8. The number of terminal acetylenes is 2. The molecular weight excluding hydrogens is 320 g/mol. The molecule has 0 heterocycles. The van der Waals surface area contributed by atoms with Crippen LogP contribution in [0, 0.1) is 24.7 Å². The van der Waals surface area contributed by atoms with Gasteiger partial charge in [0.2, 0.25) is 0 Å². The van der Waals surface area contributed by atoms with E-state index in [1.165, 1.54) is 10.4 Å². The number of rotatable bonds is 4. The summed E-state index contributed by atoms with van der Waals surface area (Å²) in [7, 11) is -2.41. The van der Waals surface area contributed by atoms with E-state index >= 15 is 0 Å². The maximum absolute atomic E-state index is 6.42. The Balaban J connectivity index is 0.000000705. The molecular formula is C23H28OSi. The molecule has 2 aromatic rings. The standard InChI is InChI=1S/C19H22OSi.C4H6/c1-5-16-20-21(19(2,3)4,17-12-8-6-9-13-17)18-14-10-7-11-15-18;1-3-4-2/h1,6-15H,16H2,2-4H3;1H,4H2,2H3. The lowest BCUT2D eigenvalue weighted by Gasteiger charge is -2.42. The van der Waals surface area contributed by atoms with Crippen LogP contribution in [0.5, 0.6) is 0 Å². The summed E-state index contributed by atoms with van der Waals surface area (Å²) < 4.78 is 6.42. The van der Waals surface area contributed by atoms with Crippen LogP contribution in [0.4, 0.5) is 0 Å². The maximum atomic E-state index is 6.42. The quantitative estimate of drug-likeness (QED) is 0.594. The second-order valence-corrected chi connectivity index (χ2v) is 11.0. The van der Waals surface area contributed by atoms with E-state index in [-0.39, 0.29) is 5.04 Å². The van der Waals surface area contributed by atoms with Gasteiger partial charge in [-0.3, -0.25) is 0 Å². The van der Waals surface area contributed by atoms with Gasteiger partial charge >= 0.3 is 0 Å². The average molecular weight is 349 g/mol. The van der Waals surface area contributed by atoms with Crippen molar-refractivity contribution in [2.24, 2.45) is 0 Å². The molecule has 0 spiro atoms. The zero-order chi connectivity index (χ0) is 18.8. The van der Waals surface area contributed by atoms with Crippen molar-refractivity contribution < 1.29 is 4.43 Å². The lowest BCUT2D eigenvalue weighted by Crippen LogP contribution is -2.66. The van der Waals surface area contributed by atoms with Crippen LogP contribution in [0.15, 0.2) is 60.7 Å². The van der Waals surface area contributed by atoms with Crippen LogP contribution >= 0.6 is 0 Å². The van der Waals surface area contributed by atoms with Crippen molar-refractivity contribution in [3.63, 3.8) is 0 Å². The van der Waals surface area contributed by atoms with Gasteiger partial charge in [-0.15, -0.1) is 18.8 Å². The molecule has 0 fully saturated rings. The van der Waals surface area contributed by atoms with E-state index in [1.54, 1.807) is 0 Å². The lowest BCUT2D eigenvalue weighted by atomic mass is 10.2. The molecule has 0 aliphatic carbocycles. The molecule has 1 nitrogen and oxygen atoms in total. The van der Waals surface area contributed by atoms with Gasteiger partial charge in [-0.25, -0.2) is 0 Å². The Kier molecular flexibility index (Phi) is 8.22. The molecule has 0 saturated heterocycles. The molecule has 25 heavy (non-hydrogen) atoms. The highest BCUT2D eigenvalue weighted by Crippen LogP contribution is 2.36. The highest BCUT2D eigenvalue weighted by Gasteiger charge is 2.49. The third-order valence-electron chi connectivity index (χ3n) is 3.99. The van der Waals surface area contributed by atoms with E-state index < -0.39 is 8.32 Å². The van der Waals surface area contributed by atoms with Crippen LogP contribution in [0.1, 0.15) is 34.1 Å². The van der Waals surface area contributed by atoms with E-state index in [0.717, 1.165) is 6.42 Å². The Morgan fingerprint density at radius 1 is 0.840 bits per heavy atom. The Hall–Kier alpha value is -2.26. The minimum Gasteiger partial charge on any atom is -0.396 e. The van der Waals surface area contributed by atoms with Crippen LogP contribution in [-0.4, -0.2) is 14.9 Å². The molecule has 0 aliphatic rings. The van der Waals surface area contributed by atoms with Crippen molar-refractivity contribution in [2.75, 3.05) is 6.61 Å². The second-order valence-electron chi connectivity index (χ2n) is 6.71. The first kappa shape index (κ1) is 20.8. The van der Waals surface area contributed by atoms with E-state index in [4.69, 9.17) is 17.3 Å². The summed E-state index contributed by atoms with van der Waals surface area (Å²) in [6, 6.07) is 21.0. The Morgan fingerprint density at radius 2 is 1.24 bits per heavy atom. The number of benzene rings is 2. The van der Waals surface area contributed by atoms with Crippen LogP contribution < -0.4 is 10.4 Å². The molecule has 0 bridgehead atoms. The van der Waals surface area contributed by atoms with Crippen molar-refractivity contribution in [1.82, 2.24) is 0 Å². The second kappa shape index (κ2) is 9.89. The van der Waals surface area contributed by atoms with Gasteiger partial charge in [0, 0.05) is 6.42 Å². The minimum atomic E-state index is -2.41. The summed E-state index contributed by atoms with van der Waals surface area (Å²) in [6.45, 7) is 9.02. The van der Waals surface area contributed by atoms with E-state index in [0.29, 0.717) is 6.61 Å². The molecule has 2 aromatic carbocycles. The fourth-order valence-electron chi connectivity index (χ4n) is 2.91. The van der Waals surface area contributed by atoms with E-state index in [2.05, 4.69) is 81.1 Å². The van der Waals surface area contributed by atoms with Gasteiger partial charge in [-0.1, -0.05) is 94.3 Å². The summed E-state index contributed by atoms with van der Waals surface area (Å²) in [4.78, 5) is 0. The average Bonchev–Trinajstić information content (AvgIpc) is 2.63. The Bertz CT molecular complexity index is 660. The fourth-order valence-corrected chi connectivity index (χ4v) is 7.37. The molecule has 0 radical (unpaired) electrons. The topological polar surface area (TPSA) is 9.23 Å². The first-order chi connectivity index (χ1) is 11.9. The largest absolute Gasteiger partial charge is 0.396 e. The summed E-state index contributed by atoms with van der Waals surface area (Å²) in [5, 5.41) is 2.52. The molecule has 0 atom stereocenters. The van der Waals surface area contributed by atoms with E-state index in [9.17, 15) is 0 Å². The van der Waals surface area contributed by atoms with Gasteiger partial charge in [0.05, 0.1) is 6.61 Å². The van der Waals surface area contributed by atoms with Gasteiger partial charge < -0.3 is 4.43 Å². The smallest absolute Gasteiger partial charge is 0.262 e. The minimum absolute atomic E-state index is 0.00738. The predicted molar refractivity (Wildman–Crippen MR) is 112 cm³/mol. The van der Waals surface area contributed by atoms with Crippen molar-refractivity contribution in [2.45, 2.75) is 39.2 Å². The van der Waals surface area contributed by atoms with Gasteiger partial charge in [0.15, 0.2) is 0 Å². The molecule has 0 saturated carbocycles. The summed E-state index contributed by atoms with van der Waals surface area (Å²) in [5.41, 5.74) is 0. The Morgan fingerprint density at radius 3 is 1.52 bits per heavy atom. The SMILES string of the molecule is C#CCC.C#CCO[Si](c1ccccc1)(c1ccccc1)C(C)(C)C. The van der Waals surface area contributed by atoms with Crippen molar-refractivity contribution in [1.29, 1.82) is 0 Å². The van der Waals surface area contributed by atoms with Crippen molar-refractivity contribution in [3.05, 3.63) is 60.7 Å². The first-order valence-corrected chi connectivity index (χ1v) is 10.5. The van der Waals surface area contributed by atoms with Gasteiger partial charge in [-0.2, -0.15) is 0 Å². The summed E-state index contributed by atoms with van der Waals surface area (Å²) in [6.07, 6.45) is 11.1. The normalized spacial score (nSPS) is 10.8. The van der Waals surface area contributed by atoms with Crippen LogP contribution in [-0.2, 0) is 4.43 Å². The predicted octanol–water partition coefficient (Wildman–Crippen LogP) is 4.23. The third kappa shape index (κ3) is 5.10. The van der Waals surface area contributed by atoms with Gasteiger partial charge in [0.25, 0.3) is 8.32 Å². The summed E-state index contributed by atoms with van der Waals surface area (Å²) in [5.74, 6) is 5.08. The molecule has 130 valence electrons. The monoisotopic (exact) mass is 348 g/mol. The fraction of sp³-hybridized carbons (Fsp3) is 0.304. The van der Waals surface area contributed by atoms with Gasteiger partial charge in [0.1, 0.15) is 0 Å². The Labute approximate surface area is 154 Å². The molecule has 2 rings (SSSR count). The third-order valence-corrected chi connectivity index (χ3v) is 8.98.